The Hall–Kier alpha value is -2.18. The second-order valence-corrected chi connectivity index (χ2v) is 6.73. The van der Waals surface area contributed by atoms with Crippen LogP contribution in [0.15, 0.2) is 24.4 Å². The number of aliphatic hydroxyl groups excluding tert-OH is 1. The SMILES string of the molecule is CC(C)OC[C@H]1O[C@@](C#N)(c2ccc3c(N)ccnn23)[C@](C)(O)[C@@H]1O. The molecule has 2 aromatic heterocycles. The van der Waals surface area contributed by atoms with Gasteiger partial charge in [0.05, 0.1) is 29.6 Å². The van der Waals surface area contributed by atoms with Gasteiger partial charge in [-0.3, -0.25) is 0 Å². The second kappa shape index (κ2) is 5.97. The van der Waals surface area contributed by atoms with Crippen LogP contribution in [0.25, 0.3) is 5.52 Å². The highest BCUT2D eigenvalue weighted by molar-refractivity contribution is 5.70. The standard InChI is InChI=1S/C17H22N4O4/c1-10(2)24-8-13-15(22)16(3,23)17(9-18,25-13)14-5-4-12-11(19)6-7-20-21(12)14/h4-7,10,13,15,22-23H,8,19H2,1-3H3/t13-,15-,16-,17+/m1/s1. The maximum absolute atomic E-state index is 11.0. The van der Waals surface area contributed by atoms with Gasteiger partial charge in [0.2, 0.25) is 5.60 Å². The molecule has 1 saturated heterocycles. The van der Waals surface area contributed by atoms with E-state index in [0.717, 1.165) is 0 Å². The summed E-state index contributed by atoms with van der Waals surface area (Å²) >= 11 is 0. The molecule has 0 spiro atoms. The molecule has 1 fully saturated rings. The van der Waals surface area contributed by atoms with Gasteiger partial charge < -0.3 is 25.4 Å². The van der Waals surface area contributed by atoms with Crippen LogP contribution in [0.4, 0.5) is 5.69 Å². The third kappa shape index (κ3) is 2.48. The molecule has 0 aliphatic carbocycles. The van der Waals surface area contributed by atoms with E-state index in [0.29, 0.717) is 16.9 Å². The van der Waals surface area contributed by atoms with E-state index in [1.165, 1.54) is 17.6 Å². The Balaban J connectivity index is 2.10. The molecule has 8 nitrogen and oxygen atoms in total. The number of nitrogen functional groups attached to an aromatic ring is 1. The molecule has 0 unspecified atom stereocenters. The van der Waals surface area contributed by atoms with Crippen molar-refractivity contribution in [2.24, 2.45) is 0 Å². The second-order valence-electron chi connectivity index (χ2n) is 6.73. The molecule has 1 aliphatic heterocycles. The number of ether oxygens (including phenoxy) is 2. The highest BCUT2D eigenvalue weighted by Gasteiger charge is 2.65. The molecule has 1 aliphatic rings. The number of aliphatic hydroxyl groups is 2. The fraction of sp³-hybridized carbons (Fsp3) is 0.529. The summed E-state index contributed by atoms with van der Waals surface area (Å²) in [5.74, 6) is 0. The van der Waals surface area contributed by atoms with E-state index in [1.807, 2.05) is 19.9 Å². The Bertz CT molecular complexity index is 826. The largest absolute Gasteiger partial charge is 0.397 e. The van der Waals surface area contributed by atoms with Crippen molar-refractivity contribution in [1.29, 1.82) is 5.26 Å². The predicted molar refractivity (Wildman–Crippen MR) is 89.5 cm³/mol. The number of hydrogen-bond acceptors (Lipinski definition) is 7. The molecule has 134 valence electrons. The summed E-state index contributed by atoms with van der Waals surface area (Å²) in [6.07, 6.45) is -0.745. The van der Waals surface area contributed by atoms with Crippen LogP contribution < -0.4 is 5.73 Å². The number of hydrogen-bond donors (Lipinski definition) is 3. The zero-order valence-electron chi connectivity index (χ0n) is 14.4. The zero-order valence-corrected chi connectivity index (χ0v) is 14.4. The monoisotopic (exact) mass is 346 g/mol. The first-order chi connectivity index (χ1) is 11.7. The van der Waals surface area contributed by atoms with Gasteiger partial charge in [0.1, 0.15) is 23.9 Å². The van der Waals surface area contributed by atoms with Gasteiger partial charge in [-0.15, -0.1) is 0 Å². The molecule has 0 radical (unpaired) electrons. The highest BCUT2D eigenvalue weighted by atomic mass is 16.6. The van der Waals surface area contributed by atoms with Gasteiger partial charge in [-0.2, -0.15) is 10.4 Å². The van der Waals surface area contributed by atoms with Crippen molar-refractivity contribution in [1.82, 2.24) is 9.61 Å². The van der Waals surface area contributed by atoms with Crippen LogP contribution in [0.5, 0.6) is 0 Å². The number of nitrogens with zero attached hydrogens (tertiary/aromatic N) is 3. The van der Waals surface area contributed by atoms with Gasteiger partial charge in [-0.05, 0) is 39.0 Å². The lowest BCUT2D eigenvalue weighted by Gasteiger charge is -2.33. The molecule has 3 rings (SSSR count). The average molecular weight is 346 g/mol. The Morgan fingerprint density at radius 1 is 1.48 bits per heavy atom. The van der Waals surface area contributed by atoms with Crippen LogP contribution in [0.3, 0.4) is 0 Å². The molecular weight excluding hydrogens is 324 g/mol. The normalized spacial score (nSPS) is 32.4. The van der Waals surface area contributed by atoms with E-state index in [9.17, 15) is 15.5 Å². The van der Waals surface area contributed by atoms with E-state index >= 15 is 0 Å². The average Bonchev–Trinajstić information content (AvgIpc) is 3.07. The molecule has 0 amide bonds. The topological polar surface area (TPSA) is 126 Å². The first kappa shape index (κ1) is 17.6. The predicted octanol–water partition coefficient (Wildman–Crippen LogP) is 0.571. The Morgan fingerprint density at radius 3 is 2.84 bits per heavy atom. The summed E-state index contributed by atoms with van der Waals surface area (Å²) in [5, 5.41) is 35.7. The van der Waals surface area contributed by atoms with E-state index in [1.54, 1.807) is 18.2 Å². The lowest BCUT2D eigenvalue weighted by molar-refractivity contribution is -0.112. The Kier molecular flexibility index (Phi) is 4.21. The van der Waals surface area contributed by atoms with Crippen LogP contribution in [-0.4, -0.2) is 50.3 Å². The molecule has 0 saturated carbocycles. The molecule has 25 heavy (non-hydrogen) atoms. The van der Waals surface area contributed by atoms with Crippen LogP contribution >= 0.6 is 0 Å². The molecular formula is C17H22N4O4. The summed E-state index contributed by atoms with van der Waals surface area (Å²) in [7, 11) is 0. The number of fused-ring (bicyclic) bond motifs is 1. The van der Waals surface area contributed by atoms with E-state index in [-0.39, 0.29) is 12.7 Å². The number of rotatable bonds is 4. The Labute approximate surface area is 145 Å². The third-order valence-corrected chi connectivity index (χ3v) is 4.67. The minimum absolute atomic E-state index is 0.0529. The van der Waals surface area contributed by atoms with Gasteiger partial charge in [-0.25, -0.2) is 4.52 Å². The molecule has 0 aromatic carbocycles. The van der Waals surface area contributed by atoms with E-state index in [4.69, 9.17) is 15.2 Å². The number of nitrogens with two attached hydrogens (primary N) is 1. The van der Waals surface area contributed by atoms with Gasteiger partial charge in [0, 0.05) is 6.20 Å². The summed E-state index contributed by atoms with van der Waals surface area (Å²) in [6, 6.07) is 6.99. The molecule has 4 N–H and O–H groups in total. The lowest BCUT2D eigenvalue weighted by atomic mass is 9.80. The zero-order chi connectivity index (χ0) is 18.4. The van der Waals surface area contributed by atoms with Crippen molar-refractivity contribution in [2.45, 2.75) is 50.3 Å². The van der Waals surface area contributed by atoms with Crippen LogP contribution in [-0.2, 0) is 15.1 Å². The number of nitriles is 1. The molecule has 4 atom stereocenters. The molecule has 3 heterocycles. The minimum Gasteiger partial charge on any atom is -0.397 e. The van der Waals surface area contributed by atoms with E-state index in [2.05, 4.69) is 5.10 Å². The lowest BCUT2D eigenvalue weighted by Crippen LogP contribution is -2.52. The van der Waals surface area contributed by atoms with Crippen molar-refractivity contribution >= 4 is 11.2 Å². The van der Waals surface area contributed by atoms with Gasteiger partial charge in [0.25, 0.3) is 0 Å². The first-order valence-corrected chi connectivity index (χ1v) is 8.08. The van der Waals surface area contributed by atoms with Crippen LogP contribution in [0.2, 0.25) is 0 Å². The quantitative estimate of drug-likeness (QED) is 0.739. The highest BCUT2D eigenvalue weighted by Crippen LogP contribution is 2.47. The van der Waals surface area contributed by atoms with Crippen molar-refractivity contribution < 1.29 is 19.7 Å². The summed E-state index contributed by atoms with van der Waals surface area (Å²) in [6.45, 7) is 5.13. The van der Waals surface area contributed by atoms with Crippen LogP contribution in [0.1, 0.15) is 26.5 Å². The Morgan fingerprint density at radius 2 is 2.20 bits per heavy atom. The van der Waals surface area contributed by atoms with Crippen LogP contribution in [0, 0.1) is 11.3 Å². The van der Waals surface area contributed by atoms with Crippen molar-refractivity contribution in [3.05, 3.63) is 30.1 Å². The summed E-state index contributed by atoms with van der Waals surface area (Å²) in [4.78, 5) is 0. The van der Waals surface area contributed by atoms with Gasteiger partial charge in [-0.1, -0.05) is 0 Å². The van der Waals surface area contributed by atoms with E-state index < -0.39 is 23.4 Å². The minimum atomic E-state index is -1.87. The smallest absolute Gasteiger partial charge is 0.228 e. The van der Waals surface area contributed by atoms with Crippen molar-refractivity contribution in [3.8, 4) is 6.07 Å². The first-order valence-electron chi connectivity index (χ1n) is 8.08. The third-order valence-electron chi connectivity index (χ3n) is 4.67. The summed E-state index contributed by atoms with van der Waals surface area (Å²) < 4.78 is 12.8. The maximum Gasteiger partial charge on any atom is 0.228 e. The maximum atomic E-state index is 11.0. The molecule has 0 bridgehead atoms. The fourth-order valence-corrected chi connectivity index (χ4v) is 3.21. The van der Waals surface area contributed by atoms with Gasteiger partial charge in [0.15, 0.2) is 0 Å². The fourth-order valence-electron chi connectivity index (χ4n) is 3.21. The van der Waals surface area contributed by atoms with Crippen molar-refractivity contribution in [2.75, 3.05) is 12.3 Å². The number of aromatic nitrogens is 2. The summed E-state index contributed by atoms with van der Waals surface area (Å²) in [5.41, 5.74) is 3.62. The number of anilines is 1. The molecule has 2 aromatic rings. The van der Waals surface area contributed by atoms with Crippen molar-refractivity contribution in [3.63, 3.8) is 0 Å². The molecule has 8 heteroatoms. The van der Waals surface area contributed by atoms with Gasteiger partial charge >= 0.3 is 0 Å².